The van der Waals surface area contributed by atoms with Crippen molar-refractivity contribution in [2.75, 3.05) is 11.9 Å². The SMILES string of the molecule is CN(c1ccccn1)c1cccc2nc(-c3cccc(Cl)c3)oc12. The normalized spacial score (nSPS) is 10.9. The number of fused-ring (bicyclic) bond motifs is 1. The van der Waals surface area contributed by atoms with Crippen LogP contribution >= 0.6 is 11.6 Å². The number of para-hydroxylation sites is 1. The number of halogens is 1. The minimum atomic E-state index is 0.550. The van der Waals surface area contributed by atoms with E-state index in [1.54, 1.807) is 6.20 Å². The van der Waals surface area contributed by atoms with Gasteiger partial charge in [0.15, 0.2) is 5.58 Å². The smallest absolute Gasteiger partial charge is 0.227 e. The first-order valence-electron chi connectivity index (χ1n) is 7.52. The molecule has 0 amide bonds. The van der Waals surface area contributed by atoms with Gasteiger partial charge in [-0.15, -0.1) is 0 Å². The Hall–Kier alpha value is -2.85. The number of oxazole rings is 1. The Bertz CT molecular complexity index is 998. The average molecular weight is 336 g/mol. The molecule has 2 aromatic heterocycles. The Balaban J connectivity index is 1.83. The fourth-order valence-corrected chi connectivity index (χ4v) is 2.81. The summed E-state index contributed by atoms with van der Waals surface area (Å²) in [5.41, 5.74) is 3.28. The number of pyridine rings is 1. The Morgan fingerprint density at radius 2 is 1.88 bits per heavy atom. The molecule has 0 bridgehead atoms. The highest BCUT2D eigenvalue weighted by Gasteiger charge is 2.15. The van der Waals surface area contributed by atoms with Gasteiger partial charge in [-0.3, -0.25) is 0 Å². The lowest BCUT2D eigenvalue weighted by Gasteiger charge is -2.17. The Morgan fingerprint density at radius 1 is 1.00 bits per heavy atom. The number of aromatic nitrogens is 2. The van der Waals surface area contributed by atoms with Gasteiger partial charge in [0.05, 0.1) is 5.69 Å². The zero-order valence-electron chi connectivity index (χ0n) is 13.0. The molecule has 4 nitrogen and oxygen atoms in total. The quantitative estimate of drug-likeness (QED) is 0.508. The molecule has 24 heavy (non-hydrogen) atoms. The van der Waals surface area contributed by atoms with E-state index >= 15 is 0 Å². The van der Waals surface area contributed by atoms with E-state index in [0.717, 1.165) is 28.2 Å². The van der Waals surface area contributed by atoms with Crippen LogP contribution in [-0.2, 0) is 0 Å². The van der Waals surface area contributed by atoms with Gasteiger partial charge >= 0.3 is 0 Å². The highest BCUT2D eigenvalue weighted by atomic mass is 35.5. The second kappa shape index (κ2) is 5.98. The number of rotatable bonds is 3. The van der Waals surface area contributed by atoms with Crippen LogP contribution in [0.5, 0.6) is 0 Å². The molecule has 0 unspecified atom stereocenters. The lowest BCUT2D eigenvalue weighted by Crippen LogP contribution is -2.10. The zero-order chi connectivity index (χ0) is 16.5. The van der Waals surface area contributed by atoms with Gasteiger partial charge in [0, 0.05) is 23.8 Å². The van der Waals surface area contributed by atoms with Gasteiger partial charge in [-0.25, -0.2) is 9.97 Å². The summed E-state index contributed by atoms with van der Waals surface area (Å²) in [4.78, 5) is 11.0. The molecular formula is C19H14ClN3O. The molecule has 5 heteroatoms. The van der Waals surface area contributed by atoms with Crippen LogP contribution < -0.4 is 4.90 Å². The number of hydrogen-bond acceptors (Lipinski definition) is 4. The van der Waals surface area contributed by atoms with E-state index in [4.69, 9.17) is 16.0 Å². The van der Waals surface area contributed by atoms with Crippen molar-refractivity contribution in [1.29, 1.82) is 0 Å². The first kappa shape index (κ1) is 14.7. The van der Waals surface area contributed by atoms with E-state index in [-0.39, 0.29) is 0 Å². The van der Waals surface area contributed by atoms with Crippen LogP contribution in [0.1, 0.15) is 0 Å². The lowest BCUT2D eigenvalue weighted by molar-refractivity contribution is 0.620. The van der Waals surface area contributed by atoms with Crippen LogP contribution in [0.3, 0.4) is 0 Å². The van der Waals surface area contributed by atoms with Crippen molar-refractivity contribution >= 4 is 34.2 Å². The molecular weight excluding hydrogens is 322 g/mol. The van der Waals surface area contributed by atoms with Crippen molar-refractivity contribution < 1.29 is 4.42 Å². The Morgan fingerprint density at radius 3 is 2.67 bits per heavy atom. The fraction of sp³-hybridized carbons (Fsp3) is 0.0526. The van der Waals surface area contributed by atoms with Gasteiger partial charge in [0.2, 0.25) is 5.89 Å². The summed E-state index contributed by atoms with van der Waals surface area (Å²) < 4.78 is 6.04. The molecule has 2 aromatic carbocycles. The maximum absolute atomic E-state index is 6.07. The molecule has 0 spiro atoms. The summed E-state index contributed by atoms with van der Waals surface area (Å²) in [7, 11) is 1.96. The Labute approximate surface area is 144 Å². The van der Waals surface area contributed by atoms with E-state index in [2.05, 4.69) is 9.97 Å². The molecule has 0 saturated carbocycles. The summed E-state index contributed by atoms with van der Waals surface area (Å²) in [6.07, 6.45) is 1.77. The van der Waals surface area contributed by atoms with Gasteiger partial charge in [-0.05, 0) is 42.5 Å². The predicted octanol–water partition coefficient (Wildman–Crippen LogP) is 5.31. The van der Waals surface area contributed by atoms with E-state index in [1.807, 2.05) is 72.6 Å². The summed E-state index contributed by atoms with van der Waals surface area (Å²) in [5, 5.41) is 0.653. The molecule has 0 aliphatic rings. The molecule has 0 saturated heterocycles. The van der Waals surface area contributed by atoms with Crippen molar-refractivity contribution in [1.82, 2.24) is 9.97 Å². The van der Waals surface area contributed by atoms with Crippen LogP contribution in [-0.4, -0.2) is 17.0 Å². The summed E-state index contributed by atoms with van der Waals surface area (Å²) in [5.74, 6) is 1.39. The van der Waals surface area contributed by atoms with Crippen molar-refractivity contribution in [3.8, 4) is 11.5 Å². The monoisotopic (exact) mass is 335 g/mol. The summed E-state index contributed by atoms with van der Waals surface area (Å²) in [6, 6.07) is 19.2. The topological polar surface area (TPSA) is 42.2 Å². The molecule has 0 radical (unpaired) electrons. The number of benzene rings is 2. The van der Waals surface area contributed by atoms with Crippen LogP contribution in [0.15, 0.2) is 71.3 Å². The van der Waals surface area contributed by atoms with Gasteiger partial charge < -0.3 is 9.32 Å². The van der Waals surface area contributed by atoms with Crippen molar-refractivity contribution in [3.05, 3.63) is 71.9 Å². The van der Waals surface area contributed by atoms with E-state index in [9.17, 15) is 0 Å². The van der Waals surface area contributed by atoms with Gasteiger partial charge in [0.25, 0.3) is 0 Å². The maximum Gasteiger partial charge on any atom is 0.227 e. The summed E-state index contributed by atoms with van der Waals surface area (Å²) >= 11 is 6.07. The number of nitrogens with zero attached hydrogens (tertiary/aromatic N) is 3. The van der Waals surface area contributed by atoms with Crippen molar-refractivity contribution in [2.45, 2.75) is 0 Å². The lowest BCUT2D eigenvalue weighted by atomic mass is 10.2. The first-order chi connectivity index (χ1) is 11.7. The van der Waals surface area contributed by atoms with Crippen LogP contribution in [0.25, 0.3) is 22.6 Å². The molecule has 4 rings (SSSR count). The zero-order valence-corrected chi connectivity index (χ0v) is 13.7. The van der Waals surface area contributed by atoms with Crippen LogP contribution in [0.2, 0.25) is 5.02 Å². The van der Waals surface area contributed by atoms with Crippen molar-refractivity contribution in [2.24, 2.45) is 0 Å². The third-order valence-corrected chi connectivity index (χ3v) is 4.06. The summed E-state index contributed by atoms with van der Waals surface area (Å²) in [6.45, 7) is 0. The molecule has 118 valence electrons. The second-order valence-corrected chi connectivity index (χ2v) is 5.84. The molecule has 2 heterocycles. The van der Waals surface area contributed by atoms with Gasteiger partial charge in [-0.1, -0.05) is 29.8 Å². The van der Waals surface area contributed by atoms with E-state index in [1.165, 1.54) is 0 Å². The highest BCUT2D eigenvalue weighted by molar-refractivity contribution is 6.30. The van der Waals surface area contributed by atoms with Gasteiger partial charge in [-0.2, -0.15) is 0 Å². The third kappa shape index (κ3) is 2.61. The number of hydrogen-bond donors (Lipinski definition) is 0. The molecule has 0 N–H and O–H groups in total. The largest absolute Gasteiger partial charge is 0.434 e. The minimum absolute atomic E-state index is 0.550. The molecule has 0 aliphatic carbocycles. The van der Waals surface area contributed by atoms with E-state index in [0.29, 0.717) is 10.9 Å². The van der Waals surface area contributed by atoms with Crippen LogP contribution in [0.4, 0.5) is 11.5 Å². The molecule has 0 atom stereocenters. The average Bonchev–Trinajstić information content (AvgIpc) is 3.06. The maximum atomic E-state index is 6.07. The molecule has 0 fully saturated rings. The van der Waals surface area contributed by atoms with Crippen LogP contribution in [0, 0.1) is 0 Å². The minimum Gasteiger partial charge on any atom is -0.434 e. The first-order valence-corrected chi connectivity index (χ1v) is 7.90. The molecule has 0 aliphatic heterocycles. The standard InChI is InChI=1S/C19H14ClN3O/c1-23(17-10-2-3-11-21-17)16-9-5-8-15-18(16)24-19(22-15)13-6-4-7-14(20)12-13/h2-12H,1H3. The fourth-order valence-electron chi connectivity index (χ4n) is 2.62. The van der Waals surface area contributed by atoms with E-state index < -0.39 is 0 Å². The predicted molar refractivity (Wildman–Crippen MR) is 96.8 cm³/mol. The highest BCUT2D eigenvalue weighted by Crippen LogP contribution is 2.33. The molecule has 4 aromatic rings. The van der Waals surface area contributed by atoms with Crippen molar-refractivity contribution in [3.63, 3.8) is 0 Å². The second-order valence-electron chi connectivity index (χ2n) is 5.40. The van der Waals surface area contributed by atoms with Gasteiger partial charge in [0.1, 0.15) is 11.3 Å². The number of anilines is 2. The third-order valence-electron chi connectivity index (χ3n) is 3.82. The Kier molecular flexibility index (Phi) is 3.67.